The van der Waals surface area contributed by atoms with Gasteiger partial charge in [-0.15, -0.1) is 0 Å². The molecule has 0 spiro atoms. The van der Waals surface area contributed by atoms with Crippen LogP contribution in [0.4, 0.5) is 0 Å². The molecule has 12 heteroatoms. The van der Waals surface area contributed by atoms with Gasteiger partial charge in [-0.2, -0.15) is 0 Å². The van der Waals surface area contributed by atoms with Gasteiger partial charge in [-0.1, -0.05) is 6.07 Å². The van der Waals surface area contributed by atoms with Gasteiger partial charge in [0.25, 0.3) is 10.0 Å². The number of thiocarbonyl (C=S) groups is 1. The van der Waals surface area contributed by atoms with Gasteiger partial charge in [0.05, 0.1) is 20.8 Å². The molecule has 0 aliphatic rings. The van der Waals surface area contributed by atoms with Crippen LogP contribution in [0.2, 0.25) is 0 Å². The molecule has 2 aromatic carbocycles. The number of ether oxygens (including phenoxy) is 4. The average Bonchev–Trinajstić information content (AvgIpc) is 2.87. The molecule has 3 N–H and O–H groups in total. The van der Waals surface area contributed by atoms with Crippen LogP contribution in [0, 0.1) is 0 Å². The lowest BCUT2D eigenvalue weighted by atomic mass is 10.1. The molecule has 196 valence electrons. The number of methoxy groups -OCH3 is 3. The van der Waals surface area contributed by atoms with Crippen molar-refractivity contribution >= 4 is 39.3 Å². The van der Waals surface area contributed by atoms with Crippen molar-refractivity contribution in [2.75, 3.05) is 48.1 Å². The summed E-state index contributed by atoms with van der Waals surface area (Å²) in [7, 11) is 2.14. The average molecular weight is 538 g/mol. The lowest BCUT2D eigenvalue weighted by Crippen LogP contribution is -2.37. The molecule has 0 aliphatic heterocycles. The second-order valence-electron chi connectivity index (χ2n) is 7.29. The topological polar surface area (TPSA) is 124 Å². The first kappa shape index (κ1) is 28.9. The molecule has 0 atom stereocenters. The fraction of sp³-hybridized carbons (Fsp3) is 0.333. The largest absolute Gasteiger partial charge is 0.497 e. The zero-order valence-corrected chi connectivity index (χ0v) is 22.3. The Bertz CT molecular complexity index is 1180. The van der Waals surface area contributed by atoms with Crippen LogP contribution in [0.15, 0.2) is 47.4 Å². The monoisotopic (exact) mass is 537 g/mol. The summed E-state index contributed by atoms with van der Waals surface area (Å²) in [5.41, 5.74) is 1.41. The molecule has 36 heavy (non-hydrogen) atoms. The first-order valence-electron chi connectivity index (χ1n) is 10.9. The predicted octanol–water partition coefficient (Wildman–Crippen LogP) is 1.88. The molecule has 0 unspecified atom stereocenters. The van der Waals surface area contributed by atoms with Gasteiger partial charge in [-0.3, -0.25) is 9.52 Å². The number of benzene rings is 2. The summed E-state index contributed by atoms with van der Waals surface area (Å²) in [6.07, 6.45) is 3.43. The Morgan fingerprint density at radius 1 is 1.03 bits per heavy atom. The fourth-order valence-electron chi connectivity index (χ4n) is 3.01. The van der Waals surface area contributed by atoms with Gasteiger partial charge in [-0.05, 0) is 54.5 Å². The van der Waals surface area contributed by atoms with Crippen molar-refractivity contribution in [1.29, 1.82) is 0 Å². The van der Waals surface area contributed by atoms with Crippen LogP contribution in [0.3, 0.4) is 0 Å². The summed E-state index contributed by atoms with van der Waals surface area (Å²) in [4.78, 5) is 12.2. The minimum absolute atomic E-state index is 0.0456. The van der Waals surface area contributed by atoms with Crippen molar-refractivity contribution in [2.24, 2.45) is 0 Å². The predicted molar refractivity (Wildman–Crippen MR) is 141 cm³/mol. The van der Waals surface area contributed by atoms with Crippen LogP contribution in [-0.2, 0) is 26.0 Å². The Hall–Kier alpha value is -3.35. The molecule has 2 rings (SSSR count). The molecular formula is C24H31N3O7S2. The van der Waals surface area contributed by atoms with E-state index in [1.165, 1.54) is 33.4 Å². The third kappa shape index (κ3) is 8.70. The van der Waals surface area contributed by atoms with Crippen molar-refractivity contribution in [3.8, 4) is 17.2 Å². The number of amides is 1. The smallest absolute Gasteiger partial charge is 0.267 e. The molecular weight excluding hydrogens is 506 g/mol. The summed E-state index contributed by atoms with van der Waals surface area (Å²) in [6, 6.07) is 10.1. The van der Waals surface area contributed by atoms with E-state index in [1.807, 2.05) is 0 Å². The van der Waals surface area contributed by atoms with Gasteiger partial charge in [-0.25, -0.2) is 8.42 Å². The Kier molecular flexibility index (Phi) is 11.4. The van der Waals surface area contributed by atoms with E-state index >= 15 is 0 Å². The number of rotatable bonds is 13. The van der Waals surface area contributed by atoms with Crippen LogP contribution in [0.1, 0.15) is 11.1 Å². The highest BCUT2D eigenvalue weighted by atomic mass is 32.2. The molecule has 0 fully saturated rings. The quantitative estimate of drug-likeness (QED) is 0.200. The van der Waals surface area contributed by atoms with E-state index in [-0.39, 0.29) is 34.8 Å². The van der Waals surface area contributed by atoms with Crippen molar-refractivity contribution in [3.63, 3.8) is 0 Å². The van der Waals surface area contributed by atoms with Gasteiger partial charge in [0.2, 0.25) is 5.91 Å². The van der Waals surface area contributed by atoms with E-state index in [4.69, 9.17) is 31.2 Å². The third-order valence-corrected chi connectivity index (χ3v) is 6.67. The Balaban J connectivity index is 2.08. The zero-order chi connectivity index (χ0) is 26.6. The molecule has 0 aromatic heterocycles. The number of sulfonamides is 1. The van der Waals surface area contributed by atoms with E-state index in [0.717, 1.165) is 5.56 Å². The minimum atomic E-state index is -3.99. The van der Waals surface area contributed by atoms with Gasteiger partial charge < -0.3 is 29.6 Å². The Morgan fingerprint density at radius 3 is 2.47 bits per heavy atom. The summed E-state index contributed by atoms with van der Waals surface area (Å²) in [5, 5.41) is 5.31. The summed E-state index contributed by atoms with van der Waals surface area (Å²) in [5.74, 6) is 1.09. The zero-order valence-electron chi connectivity index (χ0n) is 20.6. The summed E-state index contributed by atoms with van der Waals surface area (Å²) >= 11 is 4.94. The molecule has 10 nitrogen and oxygen atoms in total. The number of nitrogens with one attached hydrogen (secondary N) is 3. The van der Waals surface area contributed by atoms with E-state index in [1.54, 1.807) is 43.5 Å². The van der Waals surface area contributed by atoms with Crippen LogP contribution in [-0.4, -0.2) is 67.6 Å². The summed E-state index contributed by atoms with van der Waals surface area (Å²) < 4.78 is 49.0. The molecule has 0 saturated carbocycles. The number of hydrogen-bond donors (Lipinski definition) is 3. The minimum Gasteiger partial charge on any atom is -0.497 e. The van der Waals surface area contributed by atoms with Crippen molar-refractivity contribution < 1.29 is 32.2 Å². The van der Waals surface area contributed by atoms with Gasteiger partial charge in [0.15, 0.2) is 5.11 Å². The molecule has 0 radical (unpaired) electrons. The molecule has 0 heterocycles. The standard InChI is InChI=1S/C24H31N3O7S2/c1-25-24(35)27-36(29,30)22-15-17(5-9-20(22)34-14-13-31-2)11-12-26-23(28)10-7-18-6-8-19(32-3)16-21(18)33-4/h5-10,15-16H,11-14H2,1-4H3,(H,26,28)(H2,25,27,35)/b10-7+. The van der Waals surface area contributed by atoms with E-state index in [0.29, 0.717) is 30.1 Å². The Labute approximate surface area is 217 Å². The van der Waals surface area contributed by atoms with Crippen molar-refractivity contribution in [2.45, 2.75) is 11.3 Å². The van der Waals surface area contributed by atoms with Crippen molar-refractivity contribution in [3.05, 3.63) is 53.6 Å². The molecule has 2 aromatic rings. The molecule has 1 amide bonds. The third-order valence-electron chi connectivity index (χ3n) is 4.86. The van der Waals surface area contributed by atoms with E-state index in [9.17, 15) is 13.2 Å². The molecule has 0 bridgehead atoms. The highest BCUT2D eigenvalue weighted by Crippen LogP contribution is 2.26. The molecule has 0 aliphatic carbocycles. The first-order valence-corrected chi connectivity index (χ1v) is 12.8. The molecule has 0 saturated heterocycles. The second-order valence-corrected chi connectivity index (χ2v) is 9.35. The highest BCUT2D eigenvalue weighted by Gasteiger charge is 2.21. The second kappa shape index (κ2) is 14.3. The fourth-order valence-corrected chi connectivity index (χ4v) is 4.49. The van der Waals surface area contributed by atoms with E-state index < -0.39 is 10.0 Å². The normalized spacial score (nSPS) is 11.1. The maximum atomic E-state index is 12.9. The number of carbonyl (C=O) groups excluding carboxylic acids is 1. The van der Waals surface area contributed by atoms with Gasteiger partial charge in [0.1, 0.15) is 28.8 Å². The SMILES string of the molecule is CNC(=S)NS(=O)(=O)c1cc(CCNC(=O)/C=C/c2ccc(OC)cc2OC)ccc1OCCOC. The number of carbonyl (C=O) groups is 1. The lowest BCUT2D eigenvalue weighted by molar-refractivity contribution is -0.116. The highest BCUT2D eigenvalue weighted by molar-refractivity contribution is 7.92. The van der Waals surface area contributed by atoms with E-state index in [2.05, 4.69) is 15.4 Å². The maximum absolute atomic E-state index is 12.9. The maximum Gasteiger partial charge on any atom is 0.267 e. The lowest BCUT2D eigenvalue weighted by Gasteiger charge is -2.15. The van der Waals surface area contributed by atoms with Crippen LogP contribution in [0.25, 0.3) is 6.08 Å². The van der Waals surface area contributed by atoms with Gasteiger partial charge >= 0.3 is 0 Å². The summed E-state index contributed by atoms with van der Waals surface area (Å²) in [6.45, 7) is 0.760. The van der Waals surface area contributed by atoms with Gasteiger partial charge in [0, 0.05) is 38.4 Å². The van der Waals surface area contributed by atoms with Crippen LogP contribution >= 0.6 is 12.2 Å². The first-order chi connectivity index (χ1) is 17.2. The van der Waals surface area contributed by atoms with Crippen molar-refractivity contribution in [1.82, 2.24) is 15.4 Å². The van der Waals surface area contributed by atoms with Crippen LogP contribution < -0.4 is 29.6 Å². The van der Waals surface area contributed by atoms with Crippen LogP contribution in [0.5, 0.6) is 17.2 Å². The Morgan fingerprint density at radius 2 is 1.81 bits per heavy atom. The number of hydrogen-bond acceptors (Lipinski definition) is 8.